The zero-order valence-electron chi connectivity index (χ0n) is 9.05. The van der Waals surface area contributed by atoms with Crippen molar-refractivity contribution in [2.24, 2.45) is 0 Å². The van der Waals surface area contributed by atoms with Crippen LogP contribution in [0.3, 0.4) is 0 Å². The lowest BCUT2D eigenvalue weighted by atomic mass is 10.2. The molecule has 0 bridgehead atoms. The van der Waals surface area contributed by atoms with Crippen molar-refractivity contribution in [2.75, 3.05) is 23.8 Å². The normalized spacial score (nSPS) is 19.9. The Hall–Kier alpha value is -1.63. The maximum absolute atomic E-state index is 11.5. The summed E-state index contributed by atoms with van der Waals surface area (Å²) >= 11 is 0. The highest BCUT2D eigenvalue weighted by molar-refractivity contribution is 5.92. The van der Waals surface area contributed by atoms with Gasteiger partial charge in [-0.05, 0) is 23.2 Å². The Morgan fingerprint density at radius 3 is 2.94 bits per heavy atom. The van der Waals surface area contributed by atoms with Crippen molar-refractivity contribution < 1.29 is 14.2 Å². The molecular weight excluding hydrogens is 212 g/mol. The molecule has 1 unspecified atom stereocenters. The molecule has 0 spiro atoms. The van der Waals surface area contributed by atoms with Crippen molar-refractivity contribution in [2.45, 2.75) is 25.9 Å². The Balaban J connectivity index is 2.11. The number of aromatic nitrogens is 2. The smallest absolute Gasteiger partial charge is 0.225 e. The van der Waals surface area contributed by atoms with Crippen molar-refractivity contribution in [1.29, 1.82) is 0 Å². The summed E-state index contributed by atoms with van der Waals surface area (Å²) in [6.45, 7) is 2.62. The average molecular weight is 226 g/mol. The minimum atomic E-state index is -0.155. The van der Waals surface area contributed by atoms with Crippen molar-refractivity contribution in [3.63, 3.8) is 0 Å². The molecule has 16 heavy (non-hydrogen) atoms. The summed E-state index contributed by atoms with van der Waals surface area (Å²) in [6.07, 6.45) is 2.00. The van der Waals surface area contributed by atoms with E-state index in [0.717, 1.165) is 19.4 Å². The van der Waals surface area contributed by atoms with Gasteiger partial charge < -0.3 is 10.5 Å². The van der Waals surface area contributed by atoms with E-state index < -0.39 is 0 Å². The largest absolute Gasteiger partial charge is 0.378 e. The number of ether oxygens (including phenoxy) is 1. The molecule has 1 atom stereocenters. The topological polar surface area (TPSA) is 94.5 Å². The second-order valence-electron chi connectivity index (χ2n) is 3.74. The van der Waals surface area contributed by atoms with E-state index in [1.807, 2.05) is 0 Å². The number of hydrogen-bond acceptors (Lipinski definition) is 6. The monoisotopic (exact) mass is 226 g/mol. The van der Waals surface area contributed by atoms with Gasteiger partial charge in [-0.15, -0.1) is 0 Å². The van der Waals surface area contributed by atoms with Gasteiger partial charge in [-0.2, -0.15) is 0 Å². The summed E-state index contributed by atoms with van der Waals surface area (Å²) in [4.78, 5) is 12.9. The molecule has 1 saturated heterocycles. The highest BCUT2D eigenvalue weighted by Gasteiger charge is 2.25. The Kier molecular flexibility index (Phi) is 3.04. The lowest BCUT2D eigenvalue weighted by Crippen LogP contribution is -2.36. The molecule has 0 radical (unpaired) electrons. The third-order valence-corrected chi connectivity index (χ3v) is 2.54. The fourth-order valence-corrected chi connectivity index (χ4v) is 1.73. The van der Waals surface area contributed by atoms with Crippen molar-refractivity contribution in [3.8, 4) is 0 Å². The molecule has 7 nitrogen and oxygen atoms in total. The van der Waals surface area contributed by atoms with E-state index in [9.17, 15) is 4.79 Å². The van der Waals surface area contributed by atoms with Crippen LogP contribution >= 0.6 is 0 Å². The number of hydrogen-bond donors (Lipinski definition) is 1. The summed E-state index contributed by atoms with van der Waals surface area (Å²) in [7, 11) is 0. The maximum Gasteiger partial charge on any atom is 0.225 e. The van der Waals surface area contributed by atoms with Crippen LogP contribution in [0.1, 0.15) is 19.8 Å². The molecular formula is C9H14N4O3. The van der Waals surface area contributed by atoms with Gasteiger partial charge in [0, 0.05) is 13.5 Å². The van der Waals surface area contributed by atoms with Crippen molar-refractivity contribution >= 4 is 17.5 Å². The van der Waals surface area contributed by atoms with Gasteiger partial charge in [-0.3, -0.25) is 9.69 Å². The molecule has 1 aliphatic rings. The molecule has 2 N–H and O–H groups in total. The Morgan fingerprint density at radius 2 is 2.44 bits per heavy atom. The van der Waals surface area contributed by atoms with Crippen LogP contribution in [0.5, 0.6) is 0 Å². The first kappa shape index (κ1) is 10.9. The summed E-state index contributed by atoms with van der Waals surface area (Å²) in [6, 6.07) is 0. The minimum Gasteiger partial charge on any atom is -0.378 e. The highest BCUT2D eigenvalue weighted by Crippen LogP contribution is 2.21. The van der Waals surface area contributed by atoms with E-state index in [-0.39, 0.29) is 23.6 Å². The van der Waals surface area contributed by atoms with E-state index >= 15 is 0 Å². The van der Waals surface area contributed by atoms with Crippen molar-refractivity contribution in [1.82, 2.24) is 10.3 Å². The molecule has 0 aromatic carbocycles. The first-order valence-electron chi connectivity index (χ1n) is 5.16. The molecule has 1 aliphatic heterocycles. The van der Waals surface area contributed by atoms with E-state index in [1.165, 1.54) is 11.8 Å². The van der Waals surface area contributed by atoms with Gasteiger partial charge in [0.05, 0.1) is 12.6 Å². The molecule has 1 aromatic heterocycles. The summed E-state index contributed by atoms with van der Waals surface area (Å²) < 4.78 is 9.94. The molecule has 1 aromatic rings. The molecule has 2 heterocycles. The van der Waals surface area contributed by atoms with Crippen LogP contribution < -0.4 is 10.6 Å². The van der Waals surface area contributed by atoms with Crippen LogP contribution in [0.4, 0.5) is 11.6 Å². The van der Waals surface area contributed by atoms with Gasteiger partial charge in [0.25, 0.3) is 0 Å². The van der Waals surface area contributed by atoms with E-state index in [1.54, 1.807) is 0 Å². The molecule has 0 aliphatic carbocycles. The van der Waals surface area contributed by atoms with Crippen molar-refractivity contribution in [3.05, 3.63) is 0 Å². The zero-order valence-corrected chi connectivity index (χ0v) is 9.05. The van der Waals surface area contributed by atoms with Gasteiger partial charge >= 0.3 is 0 Å². The van der Waals surface area contributed by atoms with E-state index in [0.29, 0.717) is 6.54 Å². The molecule has 1 amide bonds. The maximum atomic E-state index is 11.5. The Morgan fingerprint density at radius 1 is 1.62 bits per heavy atom. The van der Waals surface area contributed by atoms with Crippen LogP contribution in [-0.4, -0.2) is 35.5 Å². The summed E-state index contributed by atoms with van der Waals surface area (Å²) in [5, 5.41) is 7.07. The zero-order chi connectivity index (χ0) is 11.5. The fourth-order valence-electron chi connectivity index (χ4n) is 1.73. The van der Waals surface area contributed by atoms with Crippen LogP contribution in [0.2, 0.25) is 0 Å². The van der Waals surface area contributed by atoms with Crippen LogP contribution in [0.15, 0.2) is 4.63 Å². The third-order valence-electron chi connectivity index (χ3n) is 2.54. The van der Waals surface area contributed by atoms with Gasteiger partial charge in [0.15, 0.2) is 0 Å². The lowest BCUT2D eigenvalue weighted by Gasteiger charge is -2.21. The molecule has 7 heteroatoms. The van der Waals surface area contributed by atoms with Crippen LogP contribution in [-0.2, 0) is 9.53 Å². The van der Waals surface area contributed by atoms with Crippen LogP contribution in [0.25, 0.3) is 0 Å². The molecule has 0 saturated carbocycles. The fraction of sp³-hybridized carbons (Fsp3) is 0.667. The molecule has 88 valence electrons. The Labute approximate surface area is 92.5 Å². The first-order valence-corrected chi connectivity index (χ1v) is 5.16. The number of carbonyl (C=O) groups is 1. The number of nitrogen functional groups attached to an aromatic ring is 1. The number of rotatable bonds is 3. The standard InChI is InChI=1S/C9H14N4O3/c1-6(14)13(5-7-3-2-4-15-7)9-8(10)11-16-12-9/h7H,2-5H2,1H3,(H2,10,11). The highest BCUT2D eigenvalue weighted by atomic mass is 16.6. The second kappa shape index (κ2) is 4.48. The van der Waals surface area contributed by atoms with E-state index in [2.05, 4.69) is 14.9 Å². The quantitative estimate of drug-likeness (QED) is 0.790. The summed E-state index contributed by atoms with van der Waals surface area (Å²) in [5.74, 6) is 0.231. The number of nitrogens with zero attached hydrogens (tertiary/aromatic N) is 3. The lowest BCUT2D eigenvalue weighted by molar-refractivity contribution is -0.117. The average Bonchev–Trinajstić information content (AvgIpc) is 2.85. The predicted molar refractivity (Wildman–Crippen MR) is 55.7 cm³/mol. The van der Waals surface area contributed by atoms with Gasteiger partial charge in [0.1, 0.15) is 0 Å². The molecule has 2 rings (SSSR count). The second-order valence-corrected chi connectivity index (χ2v) is 3.74. The first-order chi connectivity index (χ1) is 7.68. The minimum absolute atomic E-state index is 0.0417. The summed E-state index contributed by atoms with van der Waals surface area (Å²) in [5.41, 5.74) is 5.55. The Bertz CT molecular complexity index is 373. The van der Waals surface area contributed by atoms with Crippen LogP contribution in [0, 0.1) is 0 Å². The third kappa shape index (κ3) is 2.13. The van der Waals surface area contributed by atoms with E-state index in [4.69, 9.17) is 10.5 Å². The number of amides is 1. The molecule has 1 fully saturated rings. The SMILES string of the molecule is CC(=O)N(CC1CCCO1)c1nonc1N. The van der Waals surface area contributed by atoms with Gasteiger partial charge in [-0.25, -0.2) is 4.63 Å². The van der Waals surface area contributed by atoms with Gasteiger partial charge in [0.2, 0.25) is 17.5 Å². The number of nitrogens with two attached hydrogens (primary N) is 1. The van der Waals surface area contributed by atoms with Gasteiger partial charge in [-0.1, -0.05) is 0 Å². The predicted octanol–water partition coefficient (Wildman–Crippen LogP) is 0.184. The number of anilines is 2. The number of carbonyl (C=O) groups excluding carboxylic acids is 1.